The minimum atomic E-state index is -0.470. The van der Waals surface area contributed by atoms with Gasteiger partial charge in [0.1, 0.15) is 17.7 Å². The van der Waals surface area contributed by atoms with Crippen molar-refractivity contribution in [1.29, 1.82) is 0 Å². The summed E-state index contributed by atoms with van der Waals surface area (Å²) in [7, 11) is 0. The molecule has 0 aliphatic carbocycles. The van der Waals surface area contributed by atoms with E-state index < -0.39 is 11.7 Å². The molecule has 0 unspecified atom stereocenters. The Kier molecular flexibility index (Phi) is 2.64. The molecule has 0 bridgehead atoms. The lowest BCUT2D eigenvalue weighted by atomic mass is 10.2. The van der Waals surface area contributed by atoms with Gasteiger partial charge < -0.3 is 10.3 Å². The molecule has 0 spiro atoms. The summed E-state index contributed by atoms with van der Waals surface area (Å²) in [5, 5.41) is 2.59. The Morgan fingerprint density at radius 2 is 2.16 bits per heavy atom. The summed E-state index contributed by atoms with van der Waals surface area (Å²) in [5.74, 6) is -0.618. The Bertz CT molecular complexity index is 754. The molecule has 19 heavy (non-hydrogen) atoms. The zero-order valence-corrected chi connectivity index (χ0v) is 9.59. The summed E-state index contributed by atoms with van der Waals surface area (Å²) in [6, 6.07) is 5.41. The summed E-state index contributed by atoms with van der Waals surface area (Å²) in [6.45, 7) is 0. The van der Waals surface area contributed by atoms with E-state index in [0.717, 1.165) is 6.07 Å². The summed E-state index contributed by atoms with van der Waals surface area (Å²) < 4.78 is 13.0. The Morgan fingerprint density at radius 3 is 3.00 bits per heavy atom. The van der Waals surface area contributed by atoms with Gasteiger partial charge >= 0.3 is 0 Å². The highest BCUT2D eigenvalue weighted by atomic mass is 19.1. The second kappa shape index (κ2) is 4.45. The first-order valence-corrected chi connectivity index (χ1v) is 5.45. The van der Waals surface area contributed by atoms with Crippen LogP contribution in [0.25, 0.3) is 11.2 Å². The largest absolute Gasteiger partial charge is 0.340 e. The molecule has 0 radical (unpaired) electrons. The van der Waals surface area contributed by atoms with Gasteiger partial charge in [-0.05, 0) is 18.2 Å². The second-order valence-electron chi connectivity index (χ2n) is 3.79. The Hall–Kier alpha value is -2.83. The summed E-state index contributed by atoms with van der Waals surface area (Å²) in [5.41, 5.74) is 1.18. The number of rotatable bonds is 2. The standard InChI is InChI=1S/C12H8FN5O/c13-8-3-1-2-7(4-8)12(19)18-11-9-10(15-5-14-9)16-6-17-11/h1-6H,(H2,14,15,16,17,18,19). The van der Waals surface area contributed by atoms with E-state index in [9.17, 15) is 9.18 Å². The number of benzene rings is 1. The van der Waals surface area contributed by atoms with Gasteiger partial charge in [-0.15, -0.1) is 0 Å². The van der Waals surface area contributed by atoms with Crippen molar-refractivity contribution >= 4 is 22.9 Å². The van der Waals surface area contributed by atoms with E-state index >= 15 is 0 Å². The molecule has 0 aliphatic rings. The highest BCUT2D eigenvalue weighted by Crippen LogP contribution is 2.15. The van der Waals surface area contributed by atoms with Gasteiger partial charge in [0.25, 0.3) is 5.91 Å². The number of carbonyl (C=O) groups excluding carboxylic acids is 1. The normalized spacial score (nSPS) is 10.6. The second-order valence-corrected chi connectivity index (χ2v) is 3.79. The fourth-order valence-corrected chi connectivity index (χ4v) is 1.67. The van der Waals surface area contributed by atoms with E-state index in [1.54, 1.807) is 0 Å². The van der Waals surface area contributed by atoms with Crippen LogP contribution in [0.5, 0.6) is 0 Å². The smallest absolute Gasteiger partial charge is 0.256 e. The molecule has 2 N–H and O–H groups in total. The first-order valence-electron chi connectivity index (χ1n) is 5.45. The number of H-pyrrole nitrogens is 1. The van der Waals surface area contributed by atoms with Gasteiger partial charge in [0.2, 0.25) is 0 Å². The van der Waals surface area contributed by atoms with Crippen LogP contribution in [-0.4, -0.2) is 25.8 Å². The quantitative estimate of drug-likeness (QED) is 0.732. The van der Waals surface area contributed by atoms with E-state index in [1.807, 2.05) is 0 Å². The summed E-state index contributed by atoms with van der Waals surface area (Å²) in [4.78, 5) is 26.6. The molecule has 6 nitrogen and oxygen atoms in total. The molecule has 94 valence electrons. The van der Waals surface area contributed by atoms with Crippen molar-refractivity contribution in [1.82, 2.24) is 19.9 Å². The topological polar surface area (TPSA) is 83.6 Å². The van der Waals surface area contributed by atoms with E-state index in [4.69, 9.17) is 0 Å². The molecule has 7 heteroatoms. The third-order valence-corrected chi connectivity index (χ3v) is 2.54. The number of aromatic amines is 1. The van der Waals surface area contributed by atoms with Crippen LogP contribution in [0.15, 0.2) is 36.9 Å². The molecule has 2 heterocycles. The highest BCUT2D eigenvalue weighted by Gasteiger charge is 2.11. The van der Waals surface area contributed by atoms with Crippen LogP contribution in [0.3, 0.4) is 0 Å². The maximum absolute atomic E-state index is 13.0. The van der Waals surface area contributed by atoms with Crippen molar-refractivity contribution in [3.05, 3.63) is 48.3 Å². The zero-order chi connectivity index (χ0) is 13.2. The zero-order valence-electron chi connectivity index (χ0n) is 9.59. The number of carbonyl (C=O) groups is 1. The minimum absolute atomic E-state index is 0.214. The van der Waals surface area contributed by atoms with Crippen molar-refractivity contribution in [2.45, 2.75) is 0 Å². The Morgan fingerprint density at radius 1 is 1.26 bits per heavy atom. The van der Waals surface area contributed by atoms with Crippen molar-refractivity contribution < 1.29 is 9.18 Å². The number of hydrogen-bond donors (Lipinski definition) is 2. The first-order chi connectivity index (χ1) is 9.24. The molecule has 1 amide bonds. The molecule has 0 fully saturated rings. The predicted octanol–water partition coefficient (Wildman–Crippen LogP) is 1.74. The third-order valence-electron chi connectivity index (χ3n) is 2.54. The minimum Gasteiger partial charge on any atom is -0.340 e. The van der Waals surface area contributed by atoms with Gasteiger partial charge in [0, 0.05) is 5.56 Å². The number of aromatic nitrogens is 4. The number of imidazole rings is 1. The lowest BCUT2D eigenvalue weighted by molar-refractivity contribution is 0.102. The van der Waals surface area contributed by atoms with E-state index in [0.29, 0.717) is 17.0 Å². The van der Waals surface area contributed by atoms with E-state index in [2.05, 4.69) is 25.3 Å². The lowest BCUT2D eigenvalue weighted by Gasteiger charge is -2.04. The fraction of sp³-hybridized carbons (Fsp3) is 0. The molecular formula is C12H8FN5O. The number of amides is 1. The molecule has 0 saturated carbocycles. The van der Waals surface area contributed by atoms with Gasteiger partial charge in [-0.2, -0.15) is 0 Å². The molecule has 0 aliphatic heterocycles. The number of anilines is 1. The number of nitrogens with zero attached hydrogens (tertiary/aromatic N) is 3. The first kappa shape index (κ1) is 11.3. The van der Waals surface area contributed by atoms with Crippen LogP contribution in [0.2, 0.25) is 0 Å². The van der Waals surface area contributed by atoms with Crippen LogP contribution in [0, 0.1) is 5.82 Å². The number of hydrogen-bond acceptors (Lipinski definition) is 4. The lowest BCUT2D eigenvalue weighted by Crippen LogP contribution is -2.13. The molecular weight excluding hydrogens is 249 g/mol. The molecule has 3 aromatic rings. The molecule has 0 saturated heterocycles. The van der Waals surface area contributed by atoms with Crippen LogP contribution in [0.1, 0.15) is 10.4 Å². The number of nitrogens with one attached hydrogen (secondary N) is 2. The third kappa shape index (κ3) is 2.13. The fourth-order valence-electron chi connectivity index (χ4n) is 1.67. The Labute approximate surface area is 106 Å². The van der Waals surface area contributed by atoms with Crippen molar-refractivity contribution in [3.63, 3.8) is 0 Å². The molecule has 3 rings (SSSR count). The molecule has 0 atom stereocenters. The highest BCUT2D eigenvalue weighted by molar-refractivity contribution is 6.06. The Balaban J connectivity index is 1.93. The average Bonchev–Trinajstić information content (AvgIpc) is 2.88. The van der Waals surface area contributed by atoms with Crippen LogP contribution in [0.4, 0.5) is 10.2 Å². The van der Waals surface area contributed by atoms with E-state index in [-0.39, 0.29) is 5.56 Å². The van der Waals surface area contributed by atoms with E-state index in [1.165, 1.54) is 30.9 Å². The molecule has 1 aromatic carbocycles. The van der Waals surface area contributed by atoms with Gasteiger partial charge in [0.15, 0.2) is 11.5 Å². The molecule has 2 aromatic heterocycles. The predicted molar refractivity (Wildman–Crippen MR) is 66.0 cm³/mol. The van der Waals surface area contributed by atoms with Gasteiger partial charge in [-0.1, -0.05) is 6.07 Å². The summed E-state index contributed by atoms with van der Waals surface area (Å²) >= 11 is 0. The summed E-state index contributed by atoms with van der Waals surface area (Å²) in [6.07, 6.45) is 2.75. The van der Waals surface area contributed by atoms with Crippen molar-refractivity contribution in [2.24, 2.45) is 0 Å². The van der Waals surface area contributed by atoms with Gasteiger partial charge in [-0.25, -0.2) is 19.3 Å². The van der Waals surface area contributed by atoms with Crippen molar-refractivity contribution in [2.75, 3.05) is 5.32 Å². The number of fused-ring (bicyclic) bond motifs is 1. The monoisotopic (exact) mass is 257 g/mol. The van der Waals surface area contributed by atoms with Crippen molar-refractivity contribution in [3.8, 4) is 0 Å². The average molecular weight is 257 g/mol. The van der Waals surface area contributed by atoms with Gasteiger partial charge in [0.05, 0.1) is 6.33 Å². The van der Waals surface area contributed by atoms with Crippen LogP contribution in [-0.2, 0) is 0 Å². The van der Waals surface area contributed by atoms with Crippen LogP contribution < -0.4 is 5.32 Å². The number of halogens is 1. The SMILES string of the molecule is O=C(Nc1ncnc2nc[nH]c12)c1cccc(F)c1. The van der Waals surface area contributed by atoms with Gasteiger partial charge in [-0.3, -0.25) is 4.79 Å². The maximum atomic E-state index is 13.0. The van der Waals surface area contributed by atoms with Crippen LogP contribution >= 0.6 is 0 Å². The maximum Gasteiger partial charge on any atom is 0.256 e.